The average Bonchev–Trinajstić information content (AvgIpc) is 2.88. The molecule has 7 nitrogen and oxygen atoms in total. The van der Waals surface area contributed by atoms with E-state index in [1.54, 1.807) is 4.90 Å². The average molecular weight is 285 g/mol. The van der Waals surface area contributed by atoms with Gasteiger partial charge in [0.15, 0.2) is 0 Å². The molecule has 0 heterocycles. The minimum absolute atomic E-state index is 0.0125. The van der Waals surface area contributed by atoms with Gasteiger partial charge < -0.3 is 21.1 Å². The normalized spacial score (nSPS) is 16.6. The first kappa shape index (κ1) is 16.3. The van der Waals surface area contributed by atoms with Gasteiger partial charge in [-0.3, -0.25) is 4.79 Å². The van der Waals surface area contributed by atoms with Crippen molar-refractivity contribution in [3.05, 3.63) is 0 Å². The molecule has 1 aliphatic rings. The van der Waals surface area contributed by atoms with E-state index in [4.69, 9.17) is 10.8 Å². The van der Waals surface area contributed by atoms with Crippen molar-refractivity contribution < 1.29 is 19.5 Å². The number of urea groups is 1. The lowest BCUT2D eigenvalue weighted by molar-refractivity contribution is -0.139. The van der Waals surface area contributed by atoms with Gasteiger partial charge in [0, 0.05) is 19.0 Å². The molecule has 20 heavy (non-hydrogen) atoms. The van der Waals surface area contributed by atoms with E-state index < -0.39 is 17.9 Å². The minimum Gasteiger partial charge on any atom is -0.480 e. The zero-order valence-corrected chi connectivity index (χ0v) is 11.8. The number of amides is 3. The summed E-state index contributed by atoms with van der Waals surface area (Å²) in [5.41, 5.74) is 5.00. The van der Waals surface area contributed by atoms with Gasteiger partial charge in [-0.05, 0) is 26.2 Å². The maximum Gasteiger partial charge on any atom is 0.326 e. The molecule has 0 unspecified atom stereocenters. The number of primary amides is 1. The fourth-order valence-electron chi connectivity index (χ4n) is 2.56. The Kier molecular flexibility index (Phi) is 6.27. The minimum atomic E-state index is -1.15. The molecule has 1 atom stereocenters. The first-order valence-electron chi connectivity index (χ1n) is 7.04. The molecule has 7 heteroatoms. The monoisotopic (exact) mass is 285 g/mol. The lowest BCUT2D eigenvalue weighted by Gasteiger charge is -2.29. The van der Waals surface area contributed by atoms with E-state index in [2.05, 4.69) is 5.32 Å². The number of hydrogen-bond acceptors (Lipinski definition) is 3. The number of nitrogens with two attached hydrogens (primary N) is 1. The second-order valence-electron chi connectivity index (χ2n) is 5.07. The molecule has 0 saturated heterocycles. The summed E-state index contributed by atoms with van der Waals surface area (Å²) in [5.74, 6) is -1.73. The summed E-state index contributed by atoms with van der Waals surface area (Å²) in [7, 11) is 0. The van der Waals surface area contributed by atoms with Crippen LogP contribution in [-0.2, 0) is 9.59 Å². The summed E-state index contributed by atoms with van der Waals surface area (Å²) in [6, 6.07) is -1.27. The van der Waals surface area contributed by atoms with Gasteiger partial charge in [0.1, 0.15) is 6.04 Å². The van der Waals surface area contributed by atoms with Crippen LogP contribution in [0.1, 0.15) is 45.4 Å². The number of carbonyl (C=O) groups excluding carboxylic acids is 2. The highest BCUT2D eigenvalue weighted by Gasteiger charge is 2.28. The molecule has 0 aromatic rings. The number of carboxylic acid groups (broad SMARTS) is 1. The zero-order valence-electron chi connectivity index (χ0n) is 11.8. The van der Waals surface area contributed by atoms with Crippen LogP contribution in [0, 0.1) is 0 Å². The molecule has 3 amide bonds. The van der Waals surface area contributed by atoms with Crippen molar-refractivity contribution in [3.63, 3.8) is 0 Å². The van der Waals surface area contributed by atoms with Gasteiger partial charge >= 0.3 is 12.0 Å². The van der Waals surface area contributed by atoms with E-state index in [1.807, 2.05) is 6.92 Å². The van der Waals surface area contributed by atoms with Crippen molar-refractivity contribution in [2.75, 3.05) is 6.54 Å². The Morgan fingerprint density at radius 3 is 2.40 bits per heavy atom. The van der Waals surface area contributed by atoms with Crippen molar-refractivity contribution in [1.29, 1.82) is 0 Å². The first-order valence-corrected chi connectivity index (χ1v) is 7.04. The van der Waals surface area contributed by atoms with Gasteiger partial charge in [-0.2, -0.15) is 0 Å². The summed E-state index contributed by atoms with van der Waals surface area (Å²) in [6.45, 7) is 2.41. The van der Waals surface area contributed by atoms with E-state index in [-0.39, 0.29) is 24.9 Å². The Bertz CT molecular complexity index is 367. The summed E-state index contributed by atoms with van der Waals surface area (Å²) < 4.78 is 0. The summed E-state index contributed by atoms with van der Waals surface area (Å²) in [6.07, 6.45) is 4.06. The van der Waals surface area contributed by atoms with Crippen LogP contribution in [0.15, 0.2) is 0 Å². The molecular weight excluding hydrogens is 262 g/mol. The molecule has 0 spiro atoms. The van der Waals surface area contributed by atoms with E-state index in [1.165, 1.54) is 0 Å². The maximum absolute atomic E-state index is 12.2. The molecule has 0 aromatic heterocycles. The smallest absolute Gasteiger partial charge is 0.326 e. The third-order valence-corrected chi connectivity index (χ3v) is 3.64. The number of rotatable bonds is 7. The SMILES string of the molecule is CCN(C(=O)N[C@H](CCC(N)=O)C(=O)O)C1CCCC1. The highest BCUT2D eigenvalue weighted by Crippen LogP contribution is 2.23. The predicted octanol–water partition coefficient (Wildman–Crippen LogP) is 0.679. The number of hydrogen-bond donors (Lipinski definition) is 3. The molecular formula is C13H23N3O4. The Morgan fingerprint density at radius 1 is 1.35 bits per heavy atom. The van der Waals surface area contributed by atoms with Crippen LogP contribution >= 0.6 is 0 Å². The van der Waals surface area contributed by atoms with Crippen LogP contribution in [-0.4, -0.2) is 46.5 Å². The molecule has 0 radical (unpaired) electrons. The molecule has 1 fully saturated rings. The number of carboxylic acids is 1. The van der Waals surface area contributed by atoms with Crippen molar-refractivity contribution in [3.8, 4) is 0 Å². The Balaban J connectivity index is 2.58. The second-order valence-corrected chi connectivity index (χ2v) is 5.07. The summed E-state index contributed by atoms with van der Waals surface area (Å²) in [5, 5.41) is 11.5. The van der Waals surface area contributed by atoms with Crippen molar-refractivity contribution >= 4 is 17.9 Å². The molecule has 0 aromatic carbocycles. The number of carbonyl (C=O) groups is 3. The summed E-state index contributed by atoms with van der Waals surface area (Å²) >= 11 is 0. The highest BCUT2D eigenvalue weighted by molar-refractivity contribution is 5.83. The van der Waals surface area contributed by atoms with Crippen molar-refractivity contribution in [2.45, 2.75) is 57.5 Å². The molecule has 4 N–H and O–H groups in total. The highest BCUT2D eigenvalue weighted by atomic mass is 16.4. The van der Waals surface area contributed by atoms with Crippen molar-refractivity contribution in [1.82, 2.24) is 10.2 Å². The molecule has 0 bridgehead atoms. The molecule has 114 valence electrons. The number of nitrogens with zero attached hydrogens (tertiary/aromatic N) is 1. The molecule has 1 aliphatic carbocycles. The van der Waals surface area contributed by atoms with Crippen LogP contribution in [0.3, 0.4) is 0 Å². The van der Waals surface area contributed by atoms with Crippen LogP contribution in [0.25, 0.3) is 0 Å². The van der Waals surface area contributed by atoms with E-state index in [9.17, 15) is 14.4 Å². The Labute approximate surface area is 118 Å². The van der Waals surface area contributed by atoms with E-state index in [0.717, 1.165) is 25.7 Å². The summed E-state index contributed by atoms with van der Waals surface area (Å²) in [4.78, 5) is 35.6. The van der Waals surface area contributed by atoms with Crippen LogP contribution < -0.4 is 11.1 Å². The van der Waals surface area contributed by atoms with Gasteiger partial charge in [0.2, 0.25) is 5.91 Å². The quantitative estimate of drug-likeness (QED) is 0.638. The third-order valence-electron chi connectivity index (χ3n) is 3.64. The van der Waals surface area contributed by atoms with Crippen LogP contribution in [0.2, 0.25) is 0 Å². The van der Waals surface area contributed by atoms with Crippen LogP contribution in [0.4, 0.5) is 4.79 Å². The Hall–Kier alpha value is -1.79. The van der Waals surface area contributed by atoms with Gasteiger partial charge in [-0.1, -0.05) is 12.8 Å². The van der Waals surface area contributed by atoms with Crippen molar-refractivity contribution in [2.24, 2.45) is 5.73 Å². The molecule has 1 saturated carbocycles. The van der Waals surface area contributed by atoms with Gasteiger partial charge in [-0.15, -0.1) is 0 Å². The maximum atomic E-state index is 12.2. The Morgan fingerprint density at radius 2 is 1.95 bits per heavy atom. The predicted molar refractivity (Wildman–Crippen MR) is 73.0 cm³/mol. The van der Waals surface area contributed by atoms with Crippen LogP contribution in [0.5, 0.6) is 0 Å². The van der Waals surface area contributed by atoms with E-state index >= 15 is 0 Å². The fraction of sp³-hybridized carbons (Fsp3) is 0.769. The number of aliphatic carboxylic acids is 1. The number of nitrogens with one attached hydrogen (secondary N) is 1. The van der Waals surface area contributed by atoms with Gasteiger partial charge in [0.05, 0.1) is 0 Å². The lowest BCUT2D eigenvalue weighted by atomic mass is 10.1. The molecule has 0 aliphatic heterocycles. The standard InChI is InChI=1S/C13H23N3O4/c1-2-16(9-5-3-4-6-9)13(20)15-10(12(18)19)7-8-11(14)17/h9-10H,2-8H2,1H3,(H2,14,17)(H,15,20)(H,18,19)/t10-/m1/s1. The first-order chi connectivity index (χ1) is 9.45. The lowest BCUT2D eigenvalue weighted by Crippen LogP contribution is -2.51. The van der Waals surface area contributed by atoms with E-state index in [0.29, 0.717) is 6.54 Å². The van der Waals surface area contributed by atoms with Gasteiger partial charge in [-0.25, -0.2) is 9.59 Å². The topological polar surface area (TPSA) is 113 Å². The van der Waals surface area contributed by atoms with Gasteiger partial charge in [0.25, 0.3) is 0 Å². The molecule has 1 rings (SSSR count). The third kappa shape index (κ3) is 4.71. The zero-order chi connectivity index (χ0) is 15.1. The second kappa shape index (κ2) is 7.72. The fourth-order valence-corrected chi connectivity index (χ4v) is 2.56. The largest absolute Gasteiger partial charge is 0.480 e.